The molecule has 0 bridgehead atoms. The third-order valence-corrected chi connectivity index (χ3v) is 6.58. The molecule has 0 amide bonds. The number of halogens is 1. The summed E-state index contributed by atoms with van der Waals surface area (Å²) in [6, 6.07) is 13.2. The molecule has 30 heavy (non-hydrogen) atoms. The number of hydrogen-bond donors (Lipinski definition) is 0. The van der Waals surface area contributed by atoms with Crippen molar-refractivity contribution in [3.8, 4) is 10.6 Å². The molecule has 7 heteroatoms. The van der Waals surface area contributed by atoms with E-state index in [0.717, 1.165) is 15.6 Å². The van der Waals surface area contributed by atoms with Gasteiger partial charge in [0.05, 0.1) is 15.3 Å². The van der Waals surface area contributed by atoms with Gasteiger partial charge in [-0.1, -0.05) is 29.8 Å². The quantitative estimate of drug-likeness (QED) is 0.393. The lowest BCUT2D eigenvalue weighted by molar-refractivity contribution is 0.181. The second kappa shape index (κ2) is 8.86. The van der Waals surface area contributed by atoms with E-state index in [2.05, 4.69) is 28.9 Å². The van der Waals surface area contributed by atoms with E-state index in [0.29, 0.717) is 26.7 Å². The average Bonchev–Trinajstić information content (AvgIpc) is 3.15. The van der Waals surface area contributed by atoms with Gasteiger partial charge in [0.1, 0.15) is 16.1 Å². The number of benzene rings is 2. The molecule has 2 aromatic carbocycles. The van der Waals surface area contributed by atoms with Gasteiger partial charge in [-0.3, -0.25) is 0 Å². The highest BCUT2D eigenvalue weighted by atomic mass is 35.5. The second-order valence-corrected chi connectivity index (χ2v) is 9.14. The highest BCUT2D eigenvalue weighted by Gasteiger charge is 2.14. The SMILES string of the molecule is CN1CCN(C)CC1.Cc1ccc2cc(-c3nc4c(Cl)cccc4s3)c(=O)oc2c1. The van der Waals surface area contributed by atoms with Gasteiger partial charge in [0.15, 0.2) is 0 Å². The van der Waals surface area contributed by atoms with Crippen molar-refractivity contribution in [2.24, 2.45) is 0 Å². The maximum absolute atomic E-state index is 12.3. The molecule has 5 nitrogen and oxygen atoms in total. The average molecular weight is 442 g/mol. The van der Waals surface area contributed by atoms with Crippen LogP contribution in [-0.2, 0) is 0 Å². The molecule has 1 aliphatic rings. The van der Waals surface area contributed by atoms with Gasteiger partial charge in [-0.05, 0) is 50.8 Å². The Hall–Kier alpha value is -2.25. The van der Waals surface area contributed by atoms with Gasteiger partial charge in [0.2, 0.25) is 0 Å². The van der Waals surface area contributed by atoms with E-state index in [1.54, 1.807) is 6.07 Å². The van der Waals surface area contributed by atoms with Crippen molar-refractivity contribution < 1.29 is 4.42 Å². The number of aryl methyl sites for hydroxylation is 1. The molecule has 3 heterocycles. The summed E-state index contributed by atoms with van der Waals surface area (Å²) in [7, 11) is 4.35. The van der Waals surface area contributed by atoms with Gasteiger partial charge in [0, 0.05) is 31.6 Å². The molecule has 156 valence electrons. The molecular formula is C23H24ClN3O2S. The van der Waals surface area contributed by atoms with Crippen LogP contribution >= 0.6 is 22.9 Å². The minimum absolute atomic E-state index is 0.381. The van der Waals surface area contributed by atoms with Crippen LogP contribution in [0.4, 0.5) is 0 Å². The number of likely N-dealkylation sites (N-methyl/N-ethyl adjacent to an activating group) is 2. The van der Waals surface area contributed by atoms with Crippen LogP contribution in [0.5, 0.6) is 0 Å². The summed E-state index contributed by atoms with van der Waals surface area (Å²) in [5.74, 6) is 0. The van der Waals surface area contributed by atoms with Crippen LogP contribution in [0.2, 0.25) is 5.02 Å². The molecule has 1 saturated heterocycles. The molecule has 0 aliphatic carbocycles. The Balaban J connectivity index is 0.000000230. The normalized spacial score (nSPS) is 15.3. The molecular weight excluding hydrogens is 418 g/mol. The zero-order valence-electron chi connectivity index (χ0n) is 17.3. The molecule has 0 N–H and O–H groups in total. The van der Waals surface area contributed by atoms with Gasteiger partial charge in [0.25, 0.3) is 0 Å². The summed E-state index contributed by atoms with van der Waals surface area (Å²) in [4.78, 5) is 21.5. The Morgan fingerprint density at radius 2 is 1.73 bits per heavy atom. The largest absolute Gasteiger partial charge is 0.422 e. The fraction of sp³-hybridized carbons (Fsp3) is 0.304. The monoisotopic (exact) mass is 441 g/mol. The van der Waals surface area contributed by atoms with Crippen LogP contribution in [-0.4, -0.2) is 55.1 Å². The summed E-state index contributed by atoms with van der Waals surface area (Å²) < 4.78 is 6.38. The Labute approximate surface area is 184 Å². The van der Waals surface area contributed by atoms with Gasteiger partial charge in [-0.25, -0.2) is 9.78 Å². The molecule has 5 rings (SSSR count). The maximum atomic E-state index is 12.3. The maximum Gasteiger partial charge on any atom is 0.346 e. The number of rotatable bonds is 1. The molecule has 4 aromatic rings. The lowest BCUT2D eigenvalue weighted by atomic mass is 10.1. The lowest BCUT2D eigenvalue weighted by Crippen LogP contribution is -2.42. The van der Waals surface area contributed by atoms with Crippen LogP contribution in [0.1, 0.15) is 5.56 Å². The highest BCUT2D eigenvalue weighted by Crippen LogP contribution is 2.33. The van der Waals surface area contributed by atoms with Gasteiger partial charge in [-0.2, -0.15) is 0 Å². The summed E-state index contributed by atoms with van der Waals surface area (Å²) in [5, 5.41) is 2.09. The minimum Gasteiger partial charge on any atom is -0.422 e. The molecule has 0 radical (unpaired) electrons. The number of fused-ring (bicyclic) bond motifs is 2. The van der Waals surface area contributed by atoms with Crippen LogP contribution in [0.15, 0.2) is 51.7 Å². The van der Waals surface area contributed by atoms with Crippen molar-refractivity contribution >= 4 is 44.1 Å². The fourth-order valence-electron chi connectivity index (χ4n) is 3.30. The van der Waals surface area contributed by atoms with Crippen LogP contribution in [0.3, 0.4) is 0 Å². The zero-order chi connectivity index (χ0) is 21.3. The van der Waals surface area contributed by atoms with Crippen molar-refractivity contribution in [2.75, 3.05) is 40.3 Å². The zero-order valence-corrected chi connectivity index (χ0v) is 18.9. The van der Waals surface area contributed by atoms with Crippen molar-refractivity contribution in [1.29, 1.82) is 0 Å². The topological polar surface area (TPSA) is 49.6 Å². The Morgan fingerprint density at radius 1 is 1.03 bits per heavy atom. The Bertz CT molecular complexity index is 1230. The number of aromatic nitrogens is 1. The molecule has 0 unspecified atom stereocenters. The van der Waals surface area contributed by atoms with E-state index in [4.69, 9.17) is 16.0 Å². The summed E-state index contributed by atoms with van der Waals surface area (Å²) in [6.07, 6.45) is 0. The van der Waals surface area contributed by atoms with Crippen LogP contribution < -0.4 is 5.63 Å². The van der Waals surface area contributed by atoms with Crippen molar-refractivity contribution in [1.82, 2.24) is 14.8 Å². The van der Waals surface area contributed by atoms with E-state index >= 15 is 0 Å². The van der Waals surface area contributed by atoms with E-state index < -0.39 is 0 Å². The summed E-state index contributed by atoms with van der Waals surface area (Å²) in [6.45, 7) is 6.89. The lowest BCUT2D eigenvalue weighted by Gasteiger charge is -2.28. The highest BCUT2D eigenvalue weighted by molar-refractivity contribution is 7.21. The first-order valence-corrected chi connectivity index (χ1v) is 11.1. The van der Waals surface area contributed by atoms with Crippen LogP contribution in [0, 0.1) is 6.92 Å². The first kappa shape index (κ1) is 21.0. The first-order valence-electron chi connectivity index (χ1n) is 9.88. The second-order valence-electron chi connectivity index (χ2n) is 7.70. The van der Waals surface area contributed by atoms with Crippen molar-refractivity contribution in [3.63, 3.8) is 0 Å². The Morgan fingerprint density at radius 3 is 2.40 bits per heavy atom. The van der Waals surface area contributed by atoms with Gasteiger partial charge >= 0.3 is 5.63 Å². The third kappa shape index (κ3) is 4.57. The summed E-state index contributed by atoms with van der Waals surface area (Å²) >= 11 is 7.59. The predicted octanol–water partition coefficient (Wildman–Crippen LogP) is 4.90. The first-order chi connectivity index (χ1) is 14.4. The number of piperazine rings is 1. The molecule has 1 aliphatic heterocycles. The van der Waals surface area contributed by atoms with Crippen molar-refractivity contribution in [3.05, 3.63) is 63.5 Å². The van der Waals surface area contributed by atoms with E-state index in [1.807, 2.05) is 43.3 Å². The standard InChI is InChI=1S/C17H10ClNO2S.C6H14N2/c1-9-5-6-10-8-11(17(20)21-13(10)7-9)16-19-15-12(18)3-2-4-14(15)22-16;1-7-3-5-8(2)6-4-7/h2-8H,1H3;3-6H2,1-2H3. The molecule has 0 atom stereocenters. The molecule has 0 spiro atoms. The van der Waals surface area contributed by atoms with E-state index in [9.17, 15) is 4.79 Å². The van der Waals surface area contributed by atoms with Crippen molar-refractivity contribution in [2.45, 2.75) is 6.92 Å². The molecule has 1 fully saturated rings. The number of thiazole rings is 1. The smallest absolute Gasteiger partial charge is 0.346 e. The molecule has 0 saturated carbocycles. The number of nitrogens with zero attached hydrogens (tertiary/aromatic N) is 3. The Kier molecular flexibility index (Phi) is 6.20. The van der Waals surface area contributed by atoms with Crippen LogP contribution in [0.25, 0.3) is 31.8 Å². The van der Waals surface area contributed by atoms with Gasteiger partial charge in [-0.15, -0.1) is 11.3 Å². The predicted molar refractivity (Wildman–Crippen MR) is 126 cm³/mol. The number of para-hydroxylation sites is 1. The molecule has 2 aromatic heterocycles. The minimum atomic E-state index is -0.381. The van der Waals surface area contributed by atoms with E-state index in [-0.39, 0.29) is 5.63 Å². The number of hydrogen-bond acceptors (Lipinski definition) is 6. The summed E-state index contributed by atoms with van der Waals surface area (Å²) in [5.41, 5.74) is 2.44. The fourth-order valence-corrected chi connectivity index (χ4v) is 4.57. The van der Waals surface area contributed by atoms with E-state index in [1.165, 1.54) is 37.5 Å². The van der Waals surface area contributed by atoms with Gasteiger partial charge < -0.3 is 14.2 Å². The third-order valence-electron chi connectivity index (χ3n) is 5.22.